The van der Waals surface area contributed by atoms with Crippen molar-refractivity contribution in [3.63, 3.8) is 0 Å². The van der Waals surface area contributed by atoms with Gasteiger partial charge in [-0.3, -0.25) is 9.59 Å². The summed E-state index contributed by atoms with van der Waals surface area (Å²) in [4.78, 5) is 22.5. The van der Waals surface area contributed by atoms with Gasteiger partial charge in [-0.05, 0) is 12.0 Å². The molecule has 0 radical (unpaired) electrons. The number of amides is 1. The number of hydrogen-bond acceptors (Lipinski definition) is 3. The first kappa shape index (κ1) is 14.5. The largest absolute Gasteiger partial charge is 0.469 e. The van der Waals surface area contributed by atoms with Crippen LogP contribution in [0.1, 0.15) is 24.4 Å². The Morgan fingerprint density at radius 2 is 2.00 bits per heavy atom. The molecule has 0 fully saturated rings. The van der Waals surface area contributed by atoms with Gasteiger partial charge in [0.1, 0.15) is 5.88 Å². The van der Waals surface area contributed by atoms with Gasteiger partial charge in [-0.15, -0.1) is 11.6 Å². The lowest BCUT2D eigenvalue weighted by Gasteiger charge is -2.18. The minimum absolute atomic E-state index is 0.0957. The van der Waals surface area contributed by atoms with E-state index in [4.69, 9.17) is 11.6 Å². The maximum atomic E-state index is 11.4. The number of carbonyl (C=O) groups excluding carboxylic acids is 2. The number of rotatable bonds is 6. The molecule has 4 nitrogen and oxygen atoms in total. The summed E-state index contributed by atoms with van der Waals surface area (Å²) in [7, 11) is 1.34. The second-order valence-corrected chi connectivity index (χ2v) is 4.05. The number of ether oxygens (including phenoxy) is 1. The molecule has 1 aromatic rings. The van der Waals surface area contributed by atoms with Crippen molar-refractivity contribution in [2.24, 2.45) is 0 Å². The van der Waals surface area contributed by atoms with E-state index >= 15 is 0 Å². The van der Waals surface area contributed by atoms with Gasteiger partial charge in [-0.2, -0.15) is 0 Å². The van der Waals surface area contributed by atoms with Gasteiger partial charge in [-0.1, -0.05) is 30.3 Å². The third-order valence-electron chi connectivity index (χ3n) is 2.52. The van der Waals surface area contributed by atoms with Crippen LogP contribution in [0.5, 0.6) is 0 Å². The molecule has 0 aliphatic rings. The molecular weight excluding hydrogens is 254 g/mol. The highest BCUT2D eigenvalue weighted by Gasteiger charge is 2.15. The summed E-state index contributed by atoms with van der Waals surface area (Å²) in [5, 5.41) is 2.78. The van der Waals surface area contributed by atoms with Gasteiger partial charge in [0.15, 0.2) is 0 Å². The average Bonchev–Trinajstić information content (AvgIpc) is 2.43. The molecule has 1 atom stereocenters. The van der Waals surface area contributed by atoms with Crippen LogP contribution in [0.2, 0.25) is 0 Å². The second-order valence-electron chi connectivity index (χ2n) is 3.78. The Bertz CT molecular complexity index is 394. The fraction of sp³-hybridized carbons (Fsp3) is 0.385. The first-order chi connectivity index (χ1) is 8.67. The van der Waals surface area contributed by atoms with Gasteiger partial charge in [-0.25, -0.2) is 0 Å². The van der Waals surface area contributed by atoms with Crippen LogP contribution in [0.3, 0.4) is 0 Å². The summed E-state index contributed by atoms with van der Waals surface area (Å²) < 4.78 is 4.59. The molecule has 5 heteroatoms. The lowest BCUT2D eigenvalue weighted by Crippen LogP contribution is -2.29. The first-order valence-corrected chi connectivity index (χ1v) is 6.18. The number of carbonyl (C=O) groups is 2. The van der Waals surface area contributed by atoms with Crippen LogP contribution < -0.4 is 5.32 Å². The van der Waals surface area contributed by atoms with Crippen molar-refractivity contribution in [1.82, 2.24) is 5.32 Å². The molecule has 98 valence electrons. The summed E-state index contributed by atoms with van der Waals surface area (Å²) >= 11 is 5.47. The van der Waals surface area contributed by atoms with Crippen molar-refractivity contribution in [1.29, 1.82) is 0 Å². The summed E-state index contributed by atoms with van der Waals surface area (Å²) in [5.41, 5.74) is 0.944. The highest BCUT2D eigenvalue weighted by Crippen LogP contribution is 2.18. The molecule has 0 aliphatic heterocycles. The molecule has 1 N–H and O–H groups in total. The molecule has 1 unspecified atom stereocenters. The quantitative estimate of drug-likeness (QED) is 0.635. The summed E-state index contributed by atoms with van der Waals surface area (Å²) in [6, 6.07) is 9.23. The minimum Gasteiger partial charge on any atom is -0.469 e. The van der Waals surface area contributed by atoms with Gasteiger partial charge >= 0.3 is 5.97 Å². The van der Waals surface area contributed by atoms with E-state index in [9.17, 15) is 9.59 Å². The monoisotopic (exact) mass is 269 g/mol. The average molecular weight is 270 g/mol. The number of esters is 1. The fourth-order valence-electron chi connectivity index (χ4n) is 1.60. The highest BCUT2D eigenvalue weighted by molar-refractivity contribution is 6.27. The Labute approximate surface area is 111 Å². The van der Waals surface area contributed by atoms with Crippen LogP contribution >= 0.6 is 11.6 Å². The van der Waals surface area contributed by atoms with Crippen LogP contribution in [-0.4, -0.2) is 24.9 Å². The topological polar surface area (TPSA) is 55.4 Å². The maximum absolute atomic E-state index is 11.4. The zero-order valence-electron chi connectivity index (χ0n) is 10.2. The normalized spacial score (nSPS) is 11.7. The molecule has 0 spiro atoms. The van der Waals surface area contributed by atoms with E-state index in [1.165, 1.54) is 7.11 Å². The predicted molar refractivity (Wildman–Crippen MR) is 69.3 cm³/mol. The van der Waals surface area contributed by atoms with E-state index < -0.39 is 0 Å². The predicted octanol–water partition coefficient (Wildman–Crippen LogP) is 2.04. The van der Waals surface area contributed by atoms with Crippen molar-refractivity contribution in [2.45, 2.75) is 18.9 Å². The summed E-state index contributed by atoms with van der Waals surface area (Å²) in [6.45, 7) is 0. The van der Waals surface area contributed by atoms with Crippen molar-refractivity contribution in [3.05, 3.63) is 35.9 Å². The zero-order valence-corrected chi connectivity index (χ0v) is 10.9. The number of alkyl halides is 1. The van der Waals surface area contributed by atoms with E-state index in [2.05, 4.69) is 10.1 Å². The lowest BCUT2D eigenvalue weighted by molar-refractivity contribution is -0.141. The smallest absolute Gasteiger partial charge is 0.305 e. The third kappa shape index (κ3) is 4.75. The standard InChI is InChI=1S/C13H16ClNO3/c1-18-13(17)8-7-11(15-12(16)9-14)10-5-3-2-4-6-10/h2-6,11H,7-9H2,1H3,(H,15,16). The van der Waals surface area contributed by atoms with Crippen molar-refractivity contribution in [3.8, 4) is 0 Å². The minimum atomic E-state index is -0.295. The summed E-state index contributed by atoms with van der Waals surface area (Å²) in [6.07, 6.45) is 0.734. The molecule has 0 heterocycles. The number of benzene rings is 1. The van der Waals surface area contributed by atoms with Gasteiger partial charge < -0.3 is 10.1 Å². The highest BCUT2D eigenvalue weighted by atomic mass is 35.5. The molecule has 0 saturated carbocycles. The van der Waals surface area contributed by atoms with Crippen LogP contribution in [0.25, 0.3) is 0 Å². The van der Waals surface area contributed by atoms with Crippen LogP contribution in [0.15, 0.2) is 30.3 Å². The number of hydrogen-bond donors (Lipinski definition) is 1. The molecule has 0 bridgehead atoms. The van der Waals surface area contributed by atoms with E-state index in [0.717, 1.165) is 5.56 Å². The van der Waals surface area contributed by atoms with Gasteiger partial charge in [0.25, 0.3) is 0 Å². The van der Waals surface area contributed by atoms with Gasteiger partial charge in [0.05, 0.1) is 13.2 Å². The van der Waals surface area contributed by atoms with Crippen LogP contribution in [-0.2, 0) is 14.3 Å². The SMILES string of the molecule is COC(=O)CCC(NC(=O)CCl)c1ccccc1. The Kier molecular flexibility index (Phi) is 6.22. The van der Waals surface area contributed by atoms with Crippen molar-refractivity contribution < 1.29 is 14.3 Å². The molecule has 0 aromatic heterocycles. The van der Waals surface area contributed by atoms with Crippen LogP contribution in [0.4, 0.5) is 0 Å². The molecule has 18 heavy (non-hydrogen) atoms. The molecule has 1 amide bonds. The van der Waals surface area contributed by atoms with Gasteiger partial charge in [0.2, 0.25) is 5.91 Å². The van der Waals surface area contributed by atoms with E-state index in [-0.39, 0.29) is 30.2 Å². The van der Waals surface area contributed by atoms with Crippen LogP contribution in [0, 0.1) is 0 Å². The Morgan fingerprint density at radius 1 is 1.33 bits per heavy atom. The lowest BCUT2D eigenvalue weighted by atomic mass is 10.0. The first-order valence-electron chi connectivity index (χ1n) is 5.64. The Morgan fingerprint density at radius 3 is 2.56 bits per heavy atom. The second kappa shape index (κ2) is 7.71. The third-order valence-corrected chi connectivity index (χ3v) is 2.77. The van der Waals surface area contributed by atoms with Gasteiger partial charge in [0, 0.05) is 6.42 Å². The Balaban J connectivity index is 2.69. The fourth-order valence-corrected chi connectivity index (χ4v) is 1.68. The molecule has 1 rings (SSSR count). The van der Waals surface area contributed by atoms with E-state index in [0.29, 0.717) is 6.42 Å². The van der Waals surface area contributed by atoms with Crippen molar-refractivity contribution in [2.75, 3.05) is 13.0 Å². The molecular formula is C13H16ClNO3. The maximum Gasteiger partial charge on any atom is 0.305 e. The molecule has 0 saturated heterocycles. The summed E-state index contributed by atoms with van der Waals surface area (Å²) in [5.74, 6) is -0.645. The number of nitrogens with one attached hydrogen (secondary N) is 1. The number of halogens is 1. The zero-order chi connectivity index (χ0) is 13.4. The number of methoxy groups -OCH3 is 1. The van der Waals surface area contributed by atoms with E-state index in [1.54, 1.807) is 0 Å². The Hall–Kier alpha value is -1.55. The van der Waals surface area contributed by atoms with E-state index in [1.807, 2.05) is 30.3 Å². The molecule has 0 aliphatic carbocycles. The molecule has 1 aromatic carbocycles. The van der Waals surface area contributed by atoms with Crippen molar-refractivity contribution >= 4 is 23.5 Å².